The van der Waals surface area contributed by atoms with E-state index in [1.165, 1.54) is 48.5 Å². The topological polar surface area (TPSA) is 218 Å². The van der Waals surface area contributed by atoms with Crippen molar-refractivity contribution in [2.75, 3.05) is 6.61 Å². The molecule has 0 amide bonds. The Morgan fingerprint density at radius 2 is 1.50 bits per heavy atom. The zero-order chi connectivity index (χ0) is 26.5. The Balaban J connectivity index is 1.90. The van der Waals surface area contributed by atoms with E-state index in [1.807, 2.05) is 0 Å². The second kappa shape index (κ2) is 11.2. The number of phosphoric acid groups is 1. The maximum atomic E-state index is 12.5. The summed E-state index contributed by atoms with van der Waals surface area (Å²) in [5.41, 5.74) is 0.135. The maximum absolute atomic E-state index is 12.5. The van der Waals surface area contributed by atoms with Gasteiger partial charge in [0, 0.05) is 24.3 Å². The molecule has 1 aliphatic rings. The second-order valence-corrected chi connectivity index (χ2v) is 8.46. The third-order valence-electron chi connectivity index (χ3n) is 4.71. The number of benzene rings is 2. The summed E-state index contributed by atoms with van der Waals surface area (Å²) in [5, 5.41) is 31.6. The highest BCUT2D eigenvalue weighted by atomic mass is 31.2. The molecule has 0 saturated heterocycles. The van der Waals surface area contributed by atoms with Gasteiger partial charge in [0.2, 0.25) is 5.76 Å². The van der Waals surface area contributed by atoms with E-state index in [0.717, 1.165) is 0 Å². The van der Waals surface area contributed by atoms with Gasteiger partial charge in [-0.1, -0.05) is 24.3 Å². The number of esters is 1. The van der Waals surface area contributed by atoms with Crippen molar-refractivity contribution >= 4 is 25.2 Å². The molecule has 0 saturated carbocycles. The molecule has 16 heteroatoms. The van der Waals surface area contributed by atoms with Crippen molar-refractivity contribution in [3.8, 4) is 0 Å². The molecule has 2 atom stereocenters. The van der Waals surface area contributed by atoms with Crippen LogP contribution in [0.5, 0.6) is 0 Å². The minimum Gasteiger partial charge on any atom is -0.485 e. The summed E-state index contributed by atoms with van der Waals surface area (Å²) in [6.07, 6.45) is -3.40. The van der Waals surface area contributed by atoms with Crippen molar-refractivity contribution in [2.45, 2.75) is 25.4 Å². The number of cyclic esters (lactones) is 1. The van der Waals surface area contributed by atoms with E-state index < -0.39 is 54.0 Å². The number of carbonyl (C=O) groups is 1. The number of nitrogens with zero attached hydrogens (tertiary/aromatic N) is 2. The molecule has 0 unspecified atom stereocenters. The number of rotatable bonds is 12. The van der Waals surface area contributed by atoms with Crippen LogP contribution >= 0.6 is 7.82 Å². The first-order valence-electron chi connectivity index (χ1n) is 10.0. The Kier molecular flexibility index (Phi) is 8.34. The van der Waals surface area contributed by atoms with Gasteiger partial charge in [-0.15, -0.1) is 0 Å². The Labute approximate surface area is 202 Å². The quantitative estimate of drug-likeness (QED) is 0.156. The van der Waals surface area contributed by atoms with E-state index in [2.05, 4.69) is 4.52 Å². The van der Waals surface area contributed by atoms with Crippen molar-refractivity contribution in [1.82, 2.24) is 0 Å². The maximum Gasteiger partial charge on any atom is 0.470 e. The number of aliphatic hydroxyl groups is 1. The van der Waals surface area contributed by atoms with Crippen LogP contribution in [0.15, 0.2) is 60.0 Å². The summed E-state index contributed by atoms with van der Waals surface area (Å²) in [5.74, 6) is -2.05. The lowest BCUT2D eigenvalue weighted by Gasteiger charge is -2.23. The number of ether oxygens (including phenoxy) is 3. The zero-order valence-corrected chi connectivity index (χ0v) is 19.1. The Morgan fingerprint density at radius 1 is 0.972 bits per heavy atom. The average Bonchev–Trinajstić information content (AvgIpc) is 3.14. The van der Waals surface area contributed by atoms with Crippen LogP contribution in [-0.4, -0.2) is 49.5 Å². The first-order valence-corrected chi connectivity index (χ1v) is 11.5. The van der Waals surface area contributed by atoms with E-state index >= 15 is 0 Å². The van der Waals surface area contributed by atoms with Gasteiger partial charge in [-0.25, -0.2) is 9.36 Å². The molecule has 192 valence electrons. The SMILES string of the molecule is O=C1O[C@H]([C@H](CO)OP(=O)(O)O)C(OCc2cccc([N+](=O)[O-])c2)=C1OCc1cccc([N+](=O)[O-])c1. The van der Waals surface area contributed by atoms with Crippen molar-refractivity contribution in [1.29, 1.82) is 0 Å². The molecule has 0 radical (unpaired) electrons. The summed E-state index contributed by atoms with van der Waals surface area (Å²) in [6, 6.07) is 10.7. The number of nitro groups is 2. The van der Waals surface area contributed by atoms with Gasteiger partial charge in [0.1, 0.15) is 19.3 Å². The first kappa shape index (κ1) is 26.7. The van der Waals surface area contributed by atoms with E-state index in [0.29, 0.717) is 11.1 Å². The summed E-state index contributed by atoms with van der Waals surface area (Å²) < 4.78 is 32.0. The molecular formula is C20H19N2O13P. The molecule has 36 heavy (non-hydrogen) atoms. The monoisotopic (exact) mass is 526 g/mol. The molecule has 3 N–H and O–H groups in total. The smallest absolute Gasteiger partial charge is 0.470 e. The lowest BCUT2D eigenvalue weighted by atomic mass is 10.1. The van der Waals surface area contributed by atoms with Gasteiger partial charge < -0.3 is 29.1 Å². The zero-order valence-electron chi connectivity index (χ0n) is 18.2. The lowest BCUT2D eigenvalue weighted by Crippen LogP contribution is -2.34. The van der Waals surface area contributed by atoms with Crippen LogP contribution in [-0.2, 0) is 41.3 Å². The third-order valence-corrected chi connectivity index (χ3v) is 5.26. The third kappa shape index (κ3) is 6.84. The molecule has 0 spiro atoms. The van der Waals surface area contributed by atoms with Crippen LogP contribution in [0.2, 0.25) is 0 Å². The number of nitro benzene ring substituents is 2. The first-order chi connectivity index (χ1) is 17.0. The average molecular weight is 526 g/mol. The fourth-order valence-electron chi connectivity index (χ4n) is 3.17. The van der Waals surface area contributed by atoms with Crippen LogP contribution in [0.25, 0.3) is 0 Å². The summed E-state index contributed by atoms with van der Waals surface area (Å²) in [6.45, 7) is -1.71. The highest BCUT2D eigenvalue weighted by molar-refractivity contribution is 7.46. The summed E-state index contributed by atoms with van der Waals surface area (Å²) >= 11 is 0. The predicted octanol–water partition coefficient (Wildman–Crippen LogP) is 1.84. The van der Waals surface area contributed by atoms with Gasteiger partial charge in [0.05, 0.1) is 16.5 Å². The lowest BCUT2D eigenvalue weighted by molar-refractivity contribution is -0.385. The molecule has 3 rings (SSSR count). The van der Waals surface area contributed by atoms with E-state index in [1.54, 1.807) is 0 Å². The molecule has 1 aliphatic heterocycles. The predicted molar refractivity (Wildman–Crippen MR) is 117 cm³/mol. The highest BCUT2D eigenvalue weighted by Gasteiger charge is 2.45. The Morgan fingerprint density at radius 3 is 1.97 bits per heavy atom. The van der Waals surface area contributed by atoms with Gasteiger partial charge in [-0.05, 0) is 11.1 Å². The van der Waals surface area contributed by atoms with E-state index in [-0.39, 0.29) is 24.6 Å². The number of carbonyl (C=O) groups excluding carboxylic acids is 1. The molecule has 0 fully saturated rings. The minimum absolute atomic E-state index is 0.227. The number of aliphatic hydroxyl groups excluding tert-OH is 1. The number of non-ortho nitro benzene ring substituents is 2. The van der Waals surface area contributed by atoms with Crippen molar-refractivity contribution in [3.63, 3.8) is 0 Å². The van der Waals surface area contributed by atoms with Crippen LogP contribution < -0.4 is 0 Å². The molecule has 0 aromatic heterocycles. The molecule has 0 bridgehead atoms. The van der Waals surface area contributed by atoms with Crippen molar-refractivity contribution in [2.24, 2.45) is 0 Å². The van der Waals surface area contributed by atoms with Crippen LogP contribution in [0.1, 0.15) is 11.1 Å². The molecule has 2 aromatic rings. The molecule has 2 aromatic carbocycles. The summed E-state index contributed by atoms with van der Waals surface area (Å²) in [4.78, 5) is 51.6. The van der Waals surface area contributed by atoms with E-state index in [9.17, 15) is 34.7 Å². The molecule has 1 heterocycles. The normalized spacial score (nSPS) is 16.4. The largest absolute Gasteiger partial charge is 0.485 e. The van der Waals surface area contributed by atoms with Crippen molar-refractivity contribution in [3.05, 3.63) is 91.4 Å². The minimum atomic E-state index is -5.14. The van der Waals surface area contributed by atoms with Crippen molar-refractivity contribution < 1.29 is 52.8 Å². The van der Waals surface area contributed by atoms with Gasteiger partial charge in [0.15, 0.2) is 11.9 Å². The fourth-order valence-corrected chi connectivity index (χ4v) is 3.70. The molecular weight excluding hydrogens is 507 g/mol. The Bertz CT molecular complexity index is 1240. The van der Waals surface area contributed by atoms with Gasteiger partial charge in [-0.2, -0.15) is 0 Å². The van der Waals surface area contributed by atoms with E-state index in [4.69, 9.17) is 24.0 Å². The van der Waals surface area contributed by atoms with Crippen LogP contribution in [0, 0.1) is 20.2 Å². The second-order valence-electron chi connectivity index (χ2n) is 7.27. The van der Waals surface area contributed by atoms with Gasteiger partial charge >= 0.3 is 13.8 Å². The number of hydrogen-bond donors (Lipinski definition) is 3. The highest BCUT2D eigenvalue weighted by Crippen LogP contribution is 2.41. The molecule has 15 nitrogen and oxygen atoms in total. The van der Waals surface area contributed by atoms with Crippen LogP contribution in [0.4, 0.5) is 11.4 Å². The van der Waals surface area contributed by atoms with Gasteiger partial charge in [-0.3, -0.25) is 24.8 Å². The molecule has 0 aliphatic carbocycles. The number of phosphoric ester groups is 1. The number of hydrogen-bond acceptors (Lipinski definition) is 11. The fraction of sp³-hybridized carbons (Fsp3) is 0.250. The van der Waals surface area contributed by atoms with Crippen LogP contribution in [0.3, 0.4) is 0 Å². The Hall–Kier alpha value is -3.88. The van der Waals surface area contributed by atoms with Gasteiger partial charge in [0.25, 0.3) is 11.4 Å². The standard InChI is InChI=1S/C20H19N2O13P/c23-9-16(35-36(29,30)31)17-18(32-10-12-3-1-5-14(7-12)21(25)26)19(20(24)34-17)33-11-13-4-2-6-15(8-13)22(27)28/h1-8,16-17,23H,9-11H2,(H2,29,30,31)/t16-,17+/m0/s1. The summed E-state index contributed by atoms with van der Waals surface area (Å²) in [7, 11) is -5.14.